The Bertz CT molecular complexity index is 378. The molecule has 0 spiro atoms. The second-order valence-electron chi connectivity index (χ2n) is 3.06. The van der Waals surface area contributed by atoms with Gasteiger partial charge in [0, 0.05) is 0 Å². The van der Waals surface area contributed by atoms with Crippen molar-refractivity contribution >= 4 is 24.0 Å². The Hall–Kier alpha value is -0.780. The highest BCUT2D eigenvalue weighted by Crippen LogP contribution is 2.40. The summed E-state index contributed by atoms with van der Waals surface area (Å²) in [6.07, 6.45) is -2.68. The van der Waals surface area contributed by atoms with Gasteiger partial charge in [0.1, 0.15) is 0 Å². The van der Waals surface area contributed by atoms with Crippen LogP contribution in [-0.4, -0.2) is 20.6 Å². The van der Waals surface area contributed by atoms with Crippen LogP contribution in [0.25, 0.3) is 0 Å². The number of nitrogens with two attached hydrogens (primary N) is 1. The molecule has 17 heavy (non-hydrogen) atoms. The Labute approximate surface area is 109 Å². The van der Waals surface area contributed by atoms with Crippen molar-refractivity contribution in [1.29, 1.82) is 0 Å². The Kier molecular flexibility index (Phi) is 6.52. The molecule has 1 aromatic rings. The van der Waals surface area contributed by atoms with E-state index in [9.17, 15) is 8.78 Å². The summed E-state index contributed by atoms with van der Waals surface area (Å²) in [4.78, 5) is 0. The standard InChI is InChI=1S/C10H12ClF2NO2.ClH/c1-15-6-4-3-5(8(14)10(12)13)7(11)9(6)16-2;/h3-4,8,10H,14H2,1-2H3;1H/t8-;/m1./s1. The van der Waals surface area contributed by atoms with Crippen LogP contribution in [0.2, 0.25) is 5.02 Å². The van der Waals surface area contributed by atoms with Gasteiger partial charge in [-0.1, -0.05) is 17.7 Å². The Morgan fingerprint density at radius 1 is 1.24 bits per heavy atom. The molecule has 0 radical (unpaired) electrons. The highest BCUT2D eigenvalue weighted by molar-refractivity contribution is 6.33. The van der Waals surface area contributed by atoms with Gasteiger partial charge in [-0.3, -0.25) is 0 Å². The summed E-state index contributed by atoms with van der Waals surface area (Å²) in [5.74, 6) is 0.579. The van der Waals surface area contributed by atoms with Gasteiger partial charge in [0.2, 0.25) is 0 Å². The molecule has 1 atom stereocenters. The molecule has 7 heteroatoms. The van der Waals surface area contributed by atoms with E-state index < -0.39 is 12.5 Å². The molecule has 0 aliphatic carbocycles. The maximum atomic E-state index is 12.5. The first-order chi connectivity index (χ1) is 7.52. The van der Waals surface area contributed by atoms with Crippen LogP contribution in [0, 0.1) is 0 Å². The van der Waals surface area contributed by atoms with Crippen LogP contribution in [-0.2, 0) is 0 Å². The molecule has 0 aliphatic heterocycles. The molecule has 0 aliphatic rings. The summed E-state index contributed by atoms with van der Waals surface area (Å²) in [7, 11) is 2.81. The number of halogens is 4. The first kappa shape index (κ1) is 16.2. The Morgan fingerprint density at radius 3 is 2.24 bits per heavy atom. The van der Waals surface area contributed by atoms with Gasteiger partial charge in [-0.25, -0.2) is 8.78 Å². The Balaban J connectivity index is 0.00000256. The number of hydrogen-bond acceptors (Lipinski definition) is 3. The van der Waals surface area contributed by atoms with Gasteiger partial charge in [0.25, 0.3) is 6.43 Å². The average molecular weight is 288 g/mol. The monoisotopic (exact) mass is 287 g/mol. The van der Waals surface area contributed by atoms with Crippen LogP contribution in [0.15, 0.2) is 12.1 Å². The molecule has 0 saturated heterocycles. The fraction of sp³-hybridized carbons (Fsp3) is 0.400. The number of methoxy groups -OCH3 is 2. The summed E-state index contributed by atoms with van der Waals surface area (Å²) in [5.41, 5.74) is 5.46. The second kappa shape index (κ2) is 6.83. The van der Waals surface area contributed by atoms with Crippen molar-refractivity contribution < 1.29 is 18.3 Å². The van der Waals surface area contributed by atoms with Crippen LogP contribution in [0.1, 0.15) is 11.6 Å². The smallest absolute Gasteiger partial charge is 0.257 e. The molecule has 0 saturated carbocycles. The molecule has 98 valence electrons. The predicted octanol–water partition coefficient (Wildman–Crippen LogP) is 3.04. The van der Waals surface area contributed by atoms with E-state index in [0.29, 0.717) is 5.75 Å². The number of rotatable bonds is 4. The van der Waals surface area contributed by atoms with Gasteiger partial charge < -0.3 is 15.2 Å². The van der Waals surface area contributed by atoms with Gasteiger partial charge in [-0.2, -0.15) is 0 Å². The van der Waals surface area contributed by atoms with E-state index in [1.165, 1.54) is 26.4 Å². The van der Waals surface area contributed by atoms with Gasteiger partial charge in [0.15, 0.2) is 11.5 Å². The van der Waals surface area contributed by atoms with Crippen molar-refractivity contribution in [3.63, 3.8) is 0 Å². The second-order valence-corrected chi connectivity index (χ2v) is 3.44. The first-order valence-corrected chi connectivity index (χ1v) is 4.84. The molecule has 3 nitrogen and oxygen atoms in total. The average Bonchev–Trinajstić information content (AvgIpc) is 2.27. The van der Waals surface area contributed by atoms with Gasteiger partial charge >= 0.3 is 0 Å². The zero-order valence-electron chi connectivity index (χ0n) is 9.25. The minimum Gasteiger partial charge on any atom is -0.493 e. The topological polar surface area (TPSA) is 44.5 Å². The van der Waals surface area contributed by atoms with Crippen molar-refractivity contribution in [2.75, 3.05) is 14.2 Å². The molecule has 2 N–H and O–H groups in total. The third-order valence-electron chi connectivity index (χ3n) is 2.15. The van der Waals surface area contributed by atoms with E-state index >= 15 is 0 Å². The van der Waals surface area contributed by atoms with Gasteiger partial charge in [-0.15, -0.1) is 12.4 Å². The summed E-state index contributed by atoms with van der Waals surface area (Å²) < 4.78 is 34.9. The third-order valence-corrected chi connectivity index (χ3v) is 2.54. The maximum absolute atomic E-state index is 12.5. The minimum atomic E-state index is -2.68. The normalized spacial score (nSPS) is 11.9. The van der Waals surface area contributed by atoms with Crippen molar-refractivity contribution in [3.8, 4) is 11.5 Å². The third kappa shape index (κ3) is 3.34. The lowest BCUT2D eigenvalue weighted by Crippen LogP contribution is -2.19. The largest absolute Gasteiger partial charge is 0.493 e. The van der Waals surface area contributed by atoms with E-state index in [4.69, 9.17) is 26.8 Å². The van der Waals surface area contributed by atoms with Gasteiger partial charge in [0.05, 0.1) is 25.3 Å². The van der Waals surface area contributed by atoms with Crippen molar-refractivity contribution in [1.82, 2.24) is 0 Å². The van der Waals surface area contributed by atoms with E-state index in [1.54, 1.807) is 0 Å². The van der Waals surface area contributed by atoms with Crippen LogP contribution in [0.5, 0.6) is 11.5 Å². The van der Waals surface area contributed by atoms with Crippen LogP contribution in [0.3, 0.4) is 0 Å². The minimum absolute atomic E-state index is 0. The zero-order chi connectivity index (χ0) is 12.3. The molecule has 0 bridgehead atoms. The van der Waals surface area contributed by atoms with Crippen molar-refractivity contribution in [2.45, 2.75) is 12.5 Å². The van der Waals surface area contributed by atoms with E-state index in [0.717, 1.165) is 0 Å². The molecule has 0 amide bonds. The van der Waals surface area contributed by atoms with Crippen LogP contribution in [0.4, 0.5) is 8.78 Å². The number of ether oxygens (including phenoxy) is 2. The first-order valence-electron chi connectivity index (χ1n) is 4.47. The van der Waals surface area contributed by atoms with E-state index in [1.807, 2.05) is 0 Å². The summed E-state index contributed by atoms with van der Waals surface area (Å²) in [5, 5.41) is 0.0506. The quantitative estimate of drug-likeness (QED) is 0.926. The van der Waals surface area contributed by atoms with Gasteiger partial charge in [-0.05, 0) is 11.6 Å². The van der Waals surface area contributed by atoms with E-state index in [2.05, 4.69) is 0 Å². The number of alkyl halides is 2. The van der Waals surface area contributed by atoms with Crippen molar-refractivity contribution in [3.05, 3.63) is 22.7 Å². The van der Waals surface area contributed by atoms with Crippen LogP contribution < -0.4 is 15.2 Å². The molecule has 0 unspecified atom stereocenters. The molecule has 0 fully saturated rings. The molecular formula is C10H13Cl2F2NO2. The fourth-order valence-electron chi connectivity index (χ4n) is 1.30. The molecule has 1 rings (SSSR count). The zero-order valence-corrected chi connectivity index (χ0v) is 10.8. The maximum Gasteiger partial charge on any atom is 0.257 e. The lowest BCUT2D eigenvalue weighted by atomic mass is 10.1. The highest BCUT2D eigenvalue weighted by Gasteiger charge is 2.23. The fourth-order valence-corrected chi connectivity index (χ4v) is 1.66. The number of benzene rings is 1. The Morgan fingerprint density at radius 2 is 1.82 bits per heavy atom. The lowest BCUT2D eigenvalue weighted by molar-refractivity contribution is 0.116. The SMILES string of the molecule is COc1ccc([C@@H](N)C(F)F)c(Cl)c1OC.Cl. The summed E-state index contributed by atoms with van der Waals surface area (Å²) in [6.45, 7) is 0. The van der Waals surface area contributed by atoms with E-state index in [-0.39, 0.29) is 28.7 Å². The summed E-state index contributed by atoms with van der Waals surface area (Å²) >= 11 is 5.91. The number of hydrogen-bond donors (Lipinski definition) is 1. The molecular weight excluding hydrogens is 275 g/mol. The molecule has 0 aromatic heterocycles. The predicted molar refractivity (Wildman–Crippen MR) is 64.7 cm³/mol. The summed E-state index contributed by atoms with van der Waals surface area (Å²) in [6, 6.07) is 1.45. The molecule has 1 aromatic carbocycles. The van der Waals surface area contributed by atoms with Crippen LogP contribution >= 0.6 is 24.0 Å². The van der Waals surface area contributed by atoms with Crippen molar-refractivity contribution in [2.24, 2.45) is 5.73 Å². The highest BCUT2D eigenvalue weighted by atomic mass is 35.5. The lowest BCUT2D eigenvalue weighted by Gasteiger charge is -2.16. The molecule has 0 heterocycles.